The Labute approximate surface area is 267 Å². The number of rotatable bonds is 12. The zero-order chi connectivity index (χ0) is 22.3. The zero-order valence-electron chi connectivity index (χ0n) is 13.7. The first-order valence-electron chi connectivity index (χ1n) is 6.92. The average molecular weight is 506 g/mol. The van der Waals surface area contributed by atoms with Crippen LogP contribution >= 0.6 is 0 Å². The molecule has 15 nitrogen and oxygen atoms in total. The summed E-state index contributed by atoms with van der Waals surface area (Å²) in [4.78, 5) is 77.8. The topological polar surface area (TPSA) is 259 Å². The van der Waals surface area contributed by atoms with E-state index in [1.54, 1.807) is 0 Å². The van der Waals surface area contributed by atoms with E-state index < -0.39 is 78.9 Å². The summed E-state index contributed by atoms with van der Waals surface area (Å²) in [7, 11) is 0. The minimum atomic E-state index is -3.24. The van der Waals surface area contributed by atoms with Crippen molar-refractivity contribution in [3.05, 3.63) is 0 Å². The summed E-state index contributed by atoms with van der Waals surface area (Å²) in [6.45, 7) is 0. The van der Waals surface area contributed by atoms with Crippen LogP contribution in [0, 0.1) is 0 Å². The fourth-order valence-electron chi connectivity index (χ4n) is 1.98. The van der Waals surface area contributed by atoms with E-state index in [1.165, 1.54) is 0 Å². The number of carbonyl (C=O) groups excluding carboxylic acids is 1. The van der Waals surface area contributed by atoms with E-state index in [0.29, 0.717) is 0 Å². The Balaban J connectivity index is -0.000000607. The molecule has 0 saturated heterocycles. The number of hydrogen-bond donors (Lipinski definition) is 6. The minimum absolute atomic E-state index is 0. The molecule has 0 heterocycles. The molecular weight excluding hydrogens is 488 g/mol. The van der Waals surface area contributed by atoms with Crippen LogP contribution < -0.4 is 0 Å². The van der Waals surface area contributed by atoms with Crippen LogP contribution in [-0.4, -0.2) is 202 Å². The molecule has 0 amide bonds. The molecule has 0 radical (unpaired) electrons. The molecule has 0 rings (SSSR count). The first kappa shape index (κ1) is 42.3. The second kappa shape index (κ2) is 18.4. The van der Waals surface area contributed by atoms with Gasteiger partial charge in [0.15, 0.2) is 0 Å². The third kappa shape index (κ3) is 14.4. The van der Waals surface area contributed by atoms with Crippen molar-refractivity contribution in [2.45, 2.75) is 36.9 Å². The van der Waals surface area contributed by atoms with E-state index in [-0.39, 0.29) is 118 Å². The molecule has 0 aliphatic rings. The molecule has 0 fully saturated rings. The summed E-state index contributed by atoms with van der Waals surface area (Å²) >= 11 is 0. The van der Waals surface area contributed by atoms with Crippen molar-refractivity contribution >= 4 is 160 Å². The van der Waals surface area contributed by atoms with Crippen LogP contribution in [0.1, 0.15) is 25.7 Å². The van der Waals surface area contributed by atoms with Gasteiger partial charge in [0.2, 0.25) is 11.2 Å². The molecule has 0 aromatic carbocycles. The summed E-state index contributed by atoms with van der Waals surface area (Å²) < 4.78 is 8.44. The van der Waals surface area contributed by atoms with Gasteiger partial charge in [0, 0.05) is 0 Å². The van der Waals surface area contributed by atoms with Gasteiger partial charge >= 0.3 is 160 Å². The summed E-state index contributed by atoms with van der Waals surface area (Å²) in [6, 6.07) is 0. The van der Waals surface area contributed by atoms with E-state index in [4.69, 9.17) is 30.6 Å². The van der Waals surface area contributed by atoms with Crippen LogP contribution in [0.4, 0.5) is 4.79 Å². The quantitative estimate of drug-likeness (QED) is 0.109. The molecule has 19 heteroatoms. The number of ether oxygens (including phenoxy) is 2. The van der Waals surface area contributed by atoms with Crippen molar-refractivity contribution in [1.82, 2.24) is 0 Å². The molecule has 0 aliphatic heterocycles. The Hall–Kier alpha value is 0.0900. The molecular formula is C13H18Na4O15. The third-order valence-electron chi connectivity index (χ3n) is 3.08. The monoisotopic (exact) mass is 506 g/mol. The van der Waals surface area contributed by atoms with Crippen molar-refractivity contribution in [2.75, 3.05) is 0 Å². The fourth-order valence-corrected chi connectivity index (χ4v) is 1.98. The maximum atomic E-state index is 11.9. The summed E-state index contributed by atoms with van der Waals surface area (Å²) in [5, 5.41) is 53.2. The number of carbonyl (C=O) groups is 7. The average Bonchev–Trinajstić information content (AvgIpc) is 2.42. The van der Waals surface area contributed by atoms with Gasteiger partial charge in [0.05, 0.1) is 25.7 Å². The Morgan fingerprint density at radius 1 is 0.469 bits per heavy atom. The predicted molar refractivity (Wildman–Crippen MR) is 106 cm³/mol. The van der Waals surface area contributed by atoms with Crippen molar-refractivity contribution in [3.8, 4) is 0 Å². The van der Waals surface area contributed by atoms with Gasteiger partial charge < -0.3 is 40.1 Å². The second-order valence-corrected chi connectivity index (χ2v) is 5.34. The number of carboxylic acid groups (broad SMARTS) is 6. The SMILES string of the molecule is O=C(O)CC(CC(=O)O)(OC(=O)OC(CC(=O)O)(CC(=O)O)C(=O)O)C(=O)O.[NaH].[NaH].[NaH].[NaH]. The molecule has 0 spiro atoms. The summed E-state index contributed by atoms with van der Waals surface area (Å²) in [5.74, 6) is -12.2. The second-order valence-electron chi connectivity index (χ2n) is 5.34. The Kier molecular flexibility index (Phi) is 24.3. The maximum absolute atomic E-state index is 11.9. The predicted octanol–water partition coefficient (Wildman–Crippen LogP) is -3.91. The van der Waals surface area contributed by atoms with Gasteiger partial charge in [0.1, 0.15) is 0 Å². The van der Waals surface area contributed by atoms with Crippen molar-refractivity contribution in [2.24, 2.45) is 0 Å². The van der Waals surface area contributed by atoms with Crippen LogP contribution in [0.15, 0.2) is 0 Å². The molecule has 32 heavy (non-hydrogen) atoms. The molecule has 0 saturated carbocycles. The van der Waals surface area contributed by atoms with Crippen molar-refractivity contribution in [1.29, 1.82) is 0 Å². The molecule has 164 valence electrons. The van der Waals surface area contributed by atoms with Crippen LogP contribution in [0.3, 0.4) is 0 Å². The number of aliphatic carboxylic acids is 6. The zero-order valence-corrected chi connectivity index (χ0v) is 13.7. The van der Waals surface area contributed by atoms with Crippen LogP contribution in [0.2, 0.25) is 0 Å². The van der Waals surface area contributed by atoms with E-state index in [9.17, 15) is 33.6 Å². The van der Waals surface area contributed by atoms with E-state index >= 15 is 0 Å². The normalized spacial score (nSPS) is 9.75. The molecule has 0 unspecified atom stereocenters. The molecule has 0 aromatic rings. The van der Waals surface area contributed by atoms with Gasteiger partial charge in [-0.2, -0.15) is 0 Å². The Bertz CT molecular complexity index is 632. The molecule has 0 bridgehead atoms. The van der Waals surface area contributed by atoms with E-state index in [1.807, 2.05) is 0 Å². The van der Waals surface area contributed by atoms with E-state index in [0.717, 1.165) is 0 Å². The summed E-state index contributed by atoms with van der Waals surface area (Å²) in [5.41, 5.74) is -6.49. The fraction of sp³-hybridized carbons (Fsp3) is 0.462. The molecule has 6 N–H and O–H groups in total. The van der Waals surface area contributed by atoms with Gasteiger partial charge in [-0.3, -0.25) is 19.2 Å². The van der Waals surface area contributed by atoms with Crippen LogP contribution in [0.5, 0.6) is 0 Å². The third-order valence-corrected chi connectivity index (χ3v) is 3.08. The van der Waals surface area contributed by atoms with Gasteiger partial charge in [-0.05, 0) is 0 Å². The van der Waals surface area contributed by atoms with Crippen LogP contribution in [0.25, 0.3) is 0 Å². The van der Waals surface area contributed by atoms with E-state index in [2.05, 4.69) is 9.47 Å². The molecule has 0 aromatic heterocycles. The van der Waals surface area contributed by atoms with Gasteiger partial charge in [-0.1, -0.05) is 0 Å². The number of carboxylic acids is 6. The first-order chi connectivity index (χ1) is 12.7. The van der Waals surface area contributed by atoms with Crippen molar-refractivity contribution < 1.29 is 73.7 Å². The first-order valence-corrected chi connectivity index (χ1v) is 6.92. The standard InChI is InChI=1S/C13H14O15.4Na.4H/c14-5(15)1-12(9(22)23,2-6(16)17)27-11(26)28-13(10(24)25,3-7(18)19)4-8(20)21;;;;;;;;/h1-4H2,(H,14,15)(H,16,17)(H,18,19)(H,20,21)(H,22,23)(H,24,25);;;;;;;;. The van der Waals surface area contributed by atoms with Gasteiger partial charge in [-0.25, -0.2) is 14.4 Å². The van der Waals surface area contributed by atoms with Crippen molar-refractivity contribution in [3.63, 3.8) is 0 Å². The summed E-state index contributed by atoms with van der Waals surface area (Å²) in [6.07, 6.45) is -8.62. The van der Waals surface area contributed by atoms with Crippen LogP contribution in [-0.2, 0) is 38.2 Å². The number of hydrogen-bond acceptors (Lipinski definition) is 9. The van der Waals surface area contributed by atoms with Gasteiger partial charge in [-0.15, -0.1) is 0 Å². The van der Waals surface area contributed by atoms with Gasteiger partial charge in [0.25, 0.3) is 0 Å². The Morgan fingerprint density at radius 2 is 0.656 bits per heavy atom. The Morgan fingerprint density at radius 3 is 0.781 bits per heavy atom. The molecule has 0 aliphatic carbocycles. The molecule has 0 atom stereocenters.